The molecule has 2 heterocycles. The van der Waals surface area contributed by atoms with Crippen molar-refractivity contribution in [3.05, 3.63) is 70.4 Å². The van der Waals surface area contributed by atoms with E-state index in [-0.39, 0.29) is 23.7 Å². The second-order valence-corrected chi connectivity index (χ2v) is 5.68. The van der Waals surface area contributed by atoms with Gasteiger partial charge in [-0.2, -0.15) is 0 Å². The molecule has 2 aromatic carbocycles. The molecule has 1 atom stereocenters. The number of rotatable bonds is 3. The highest BCUT2D eigenvalue weighted by atomic mass is 16.6. The van der Waals surface area contributed by atoms with Crippen molar-refractivity contribution < 1.29 is 14.5 Å². The number of carbonyl (C=O) groups is 1. The Morgan fingerprint density at radius 1 is 1.20 bits per heavy atom. The first kappa shape index (κ1) is 15.1. The Hall–Kier alpha value is -3.48. The smallest absolute Gasteiger partial charge is 0.295 e. The minimum Gasteiger partial charge on any atom is -0.492 e. The third-order valence-electron chi connectivity index (χ3n) is 4.22. The van der Waals surface area contributed by atoms with Crippen LogP contribution in [-0.4, -0.2) is 22.4 Å². The molecule has 0 aliphatic carbocycles. The molecule has 0 fully saturated rings. The number of nitro groups is 1. The number of hydrogen-bond acceptors (Lipinski definition) is 5. The van der Waals surface area contributed by atoms with Gasteiger partial charge in [0, 0.05) is 23.2 Å². The molecule has 0 unspecified atom stereocenters. The van der Waals surface area contributed by atoms with Gasteiger partial charge in [0.2, 0.25) is 5.91 Å². The summed E-state index contributed by atoms with van der Waals surface area (Å²) in [6.07, 6.45) is 1.49. The SMILES string of the molecule is O=C(Nc1ccc([N+](=O)[O-])c2ncccc12)[C@@H]1COc2ccccc21. The highest BCUT2D eigenvalue weighted by Crippen LogP contribution is 2.35. The van der Waals surface area contributed by atoms with Gasteiger partial charge in [0.25, 0.3) is 5.69 Å². The summed E-state index contributed by atoms with van der Waals surface area (Å²) >= 11 is 0. The monoisotopic (exact) mass is 335 g/mol. The van der Waals surface area contributed by atoms with Gasteiger partial charge in [0.1, 0.15) is 23.8 Å². The summed E-state index contributed by atoms with van der Waals surface area (Å²) in [7, 11) is 0. The molecule has 0 radical (unpaired) electrons. The number of carbonyl (C=O) groups excluding carboxylic acids is 1. The Bertz CT molecular complexity index is 1000. The van der Waals surface area contributed by atoms with Gasteiger partial charge in [-0.15, -0.1) is 0 Å². The van der Waals surface area contributed by atoms with Crippen LogP contribution >= 0.6 is 0 Å². The number of non-ortho nitro benzene ring substituents is 1. The molecule has 1 aliphatic rings. The van der Waals surface area contributed by atoms with Crippen LogP contribution in [0.4, 0.5) is 11.4 Å². The van der Waals surface area contributed by atoms with E-state index in [0.29, 0.717) is 16.8 Å². The van der Waals surface area contributed by atoms with Crippen LogP contribution in [0.3, 0.4) is 0 Å². The van der Waals surface area contributed by atoms with Gasteiger partial charge in [-0.25, -0.2) is 4.98 Å². The molecule has 1 amide bonds. The van der Waals surface area contributed by atoms with E-state index in [9.17, 15) is 14.9 Å². The number of nitro benzene ring substituents is 1. The van der Waals surface area contributed by atoms with Gasteiger partial charge in [0.15, 0.2) is 0 Å². The van der Waals surface area contributed by atoms with Crippen LogP contribution in [0.1, 0.15) is 11.5 Å². The van der Waals surface area contributed by atoms with Crippen molar-refractivity contribution in [3.63, 3.8) is 0 Å². The van der Waals surface area contributed by atoms with Crippen LogP contribution in [0, 0.1) is 10.1 Å². The van der Waals surface area contributed by atoms with Crippen molar-refractivity contribution in [1.82, 2.24) is 4.98 Å². The first-order valence-electron chi connectivity index (χ1n) is 7.70. The maximum Gasteiger partial charge on any atom is 0.295 e. The van der Waals surface area contributed by atoms with Crippen molar-refractivity contribution in [2.45, 2.75) is 5.92 Å². The normalized spacial score (nSPS) is 15.4. The van der Waals surface area contributed by atoms with E-state index < -0.39 is 10.8 Å². The van der Waals surface area contributed by atoms with E-state index in [0.717, 1.165) is 5.56 Å². The van der Waals surface area contributed by atoms with E-state index >= 15 is 0 Å². The molecule has 124 valence electrons. The number of pyridine rings is 1. The maximum absolute atomic E-state index is 12.7. The Morgan fingerprint density at radius 2 is 2.04 bits per heavy atom. The fraction of sp³-hybridized carbons (Fsp3) is 0.111. The minimum atomic E-state index is -0.484. The standard InChI is InChI=1S/C18H13N3O4/c22-18(13-10-25-16-6-2-1-4-11(13)16)20-14-7-8-15(21(23)24)17-12(14)5-3-9-19-17/h1-9,13H,10H2,(H,20,22)/t13-/m1/s1. The number of aromatic nitrogens is 1. The summed E-state index contributed by atoms with van der Waals surface area (Å²) in [6.45, 7) is 0.272. The zero-order chi connectivity index (χ0) is 17.4. The van der Waals surface area contributed by atoms with Gasteiger partial charge < -0.3 is 10.1 Å². The van der Waals surface area contributed by atoms with E-state index in [1.54, 1.807) is 12.1 Å². The first-order valence-corrected chi connectivity index (χ1v) is 7.70. The molecule has 7 nitrogen and oxygen atoms in total. The van der Waals surface area contributed by atoms with E-state index in [1.807, 2.05) is 24.3 Å². The number of nitrogens with zero attached hydrogens (tertiary/aromatic N) is 2. The largest absolute Gasteiger partial charge is 0.492 e. The number of para-hydroxylation sites is 1. The average molecular weight is 335 g/mol. The molecule has 25 heavy (non-hydrogen) atoms. The highest BCUT2D eigenvalue weighted by Gasteiger charge is 2.30. The second-order valence-electron chi connectivity index (χ2n) is 5.68. The number of hydrogen-bond donors (Lipinski definition) is 1. The second kappa shape index (κ2) is 5.86. The molecule has 0 saturated heterocycles. The van der Waals surface area contributed by atoms with Crippen LogP contribution in [0.2, 0.25) is 0 Å². The van der Waals surface area contributed by atoms with Crippen LogP contribution in [0.15, 0.2) is 54.7 Å². The predicted octanol–water partition coefficient (Wildman–Crippen LogP) is 3.26. The molecule has 1 N–H and O–H groups in total. The van der Waals surface area contributed by atoms with E-state index in [1.165, 1.54) is 18.3 Å². The molecule has 1 aliphatic heterocycles. The molecule has 1 aromatic heterocycles. The fourth-order valence-corrected chi connectivity index (χ4v) is 3.01. The third-order valence-corrected chi connectivity index (χ3v) is 4.22. The van der Waals surface area contributed by atoms with Crippen LogP contribution in [0.25, 0.3) is 10.9 Å². The molecule has 3 aromatic rings. The number of nitrogens with one attached hydrogen (secondary N) is 1. The van der Waals surface area contributed by atoms with Gasteiger partial charge >= 0.3 is 0 Å². The lowest BCUT2D eigenvalue weighted by Gasteiger charge is -2.12. The summed E-state index contributed by atoms with van der Waals surface area (Å²) in [6, 6.07) is 13.7. The number of anilines is 1. The van der Waals surface area contributed by atoms with Crippen molar-refractivity contribution >= 4 is 28.2 Å². The molecule has 0 bridgehead atoms. The molecule has 0 spiro atoms. The molecular formula is C18H13N3O4. The summed E-state index contributed by atoms with van der Waals surface area (Å²) in [4.78, 5) is 27.5. The van der Waals surface area contributed by atoms with E-state index in [2.05, 4.69) is 10.3 Å². The lowest BCUT2D eigenvalue weighted by Crippen LogP contribution is -2.22. The third kappa shape index (κ3) is 2.55. The molecular weight excluding hydrogens is 322 g/mol. The van der Waals surface area contributed by atoms with Crippen molar-refractivity contribution in [2.24, 2.45) is 0 Å². The van der Waals surface area contributed by atoms with Gasteiger partial charge in [-0.3, -0.25) is 14.9 Å². The van der Waals surface area contributed by atoms with Gasteiger partial charge in [-0.05, 0) is 24.3 Å². The van der Waals surface area contributed by atoms with Crippen molar-refractivity contribution in [2.75, 3.05) is 11.9 Å². The Balaban J connectivity index is 1.69. The summed E-state index contributed by atoms with van der Waals surface area (Å²) in [5.74, 6) is 0.0694. The number of fused-ring (bicyclic) bond motifs is 2. The fourth-order valence-electron chi connectivity index (χ4n) is 3.01. The Morgan fingerprint density at radius 3 is 2.88 bits per heavy atom. The quantitative estimate of drug-likeness (QED) is 0.585. The zero-order valence-corrected chi connectivity index (χ0v) is 13.0. The number of ether oxygens (including phenoxy) is 1. The maximum atomic E-state index is 12.7. The summed E-state index contributed by atoms with van der Waals surface area (Å²) < 4.78 is 5.55. The topological polar surface area (TPSA) is 94.4 Å². The van der Waals surface area contributed by atoms with Crippen LogP contribution in [0.5, 0.6) is 5.75 Å². The predicted molar refractivity (Wildman–Crippen MR) is 91.7 cm³/mol. The van der Waals surface area contributed by atoms with Crippen LogP contribution < -0.4 is 10.1 Å². The summed E-state index contributed by atoms with van der Waals surface area (Å²) in [5.41, 5.74) is 1.48. The van der Waals surface area contributed by atoms with Crippen molar-refractivity contribution in [3.8, 4) is 5.75 Å². The number of benzene rings is 2. The lowest BCUT2D eigenvalue weighted by atomic mass is 10.0. The highest BCUT2D eigenvalue weighted by molar-refractivity contribution is 6.05. The van der Waals surface area contributed by atoms with E-state index in [4.69, 9.17) is 4.74 Å². The zero-order valence-electron chi connectivity index (χ0n) is 13.0. The molecule has 7 heteroatoms. The molecule has 4 rings (SSSR count). The minimum absolute atomic E-state index is 0.0943. The van der Waals surface area contributed by atoms with Crippen LogP contribution in [-0.2, 0) is 4.79 Å². The lowest BCUT2D eigenvalue weighted by molar-refractivity contribution is -0.383. The number of amides is 1. The average Bonchev–Trinajstić information content (AvgIpc) is 3.06. The first-order chi connectivity index (χ1) is 12.1. The Labute approximate surface area is 142 Å². The molecule has 0 saturated carbocycles. The van der Waals surface area contributed by atoms with Gasteiger partial charge in [0.05, 0.1) is 10.6 Å². The van der Waals surface area contributed by atoms with Crippen molar-refractivity contribution in [1.29, 1.82) is 0 Å². The summed E-state index contributed by atoms with van der Waals surface area (Å²) in [5, 5.41) is 14.5. The van der Waals surface area contributed by atoms with Gasteiger partial charge in [-0.1, -0.05) is 18.2 Å². The Kier molecular flexibility index (Phi) is 3.53.